The molecule has 0 radical (unpaired) electrons. The SMILES string of the molecule is C[C@H]1CN(S(=O)(=O)N2CCCCCC2)CCO1. The van der Waals surface area contributed by atoms with Crippen molar-refractivity contribution in [3.8, 4) is 0 Å². The van der Waals surface area contributed by atoms with Gasteiger partial charge in [0.15, 0.2) is 0 Å². The molecule has 2 fully saturated rings. The fourth-order valence-corrected chi connectivity index (χ4v) is 4.18. The summed E-state index contributed by atoms with van der Waals surface area (Å²) < 4.78 is 33.5. The van der Waals surface area contributed by atoms with Gasteiger partial charge in [0.25, 0.3) is 10.2 Å². The van der Waals surface area contributed by atoms with E-state index >= 15 is 0 Å². The maximum Gasteiger partial charge on any atom is 0.282 e. The summed E-state index contributed by atoms with van der Waals surface area (Å²) >= 11 is 0. The summed E-state index contributed by atoms with van der Waals surface area (Å²) in [5.74, 6) is 0. The zero-order valence-electron chi connectivity index (χ0n) is 10.5. The van der Waals surface area contributed by atoms with Crippen molar-refractivity contribution in [1.29, 1.82) is 0 Å². The van der Waals surface area contributed by atoms with Crippen LogP contribution in [-0.4, -0.2) is 55.9 Å². The van der Waals surface area contributed by atoms with E-state index in [1.807, 2.05) is 6.92 Å². The molecule has 0 N–H and O–H groups in total. The second kappa shape index (κ2) is 5.65. The van der Waals surface area contributed by atoms with E-state index in [9.17, 15) is 8.42 Å². The zero-order valence-corrected chi connectivity index (χ0v) is 11.3. The molecule has 17 heavy (non-hydrogen) atoms. The topological polar surface area (TPSA) is 49.9 Å². The van der Waals surface area contributed by atoms with Crippen molar-refractivity contribution in [2.75, 3.05) is 32.8 Å². The molecule has 6 heteroatoms. The summed E-state index contributed by atoms with van der Waals surface area (Å²) in [5.41, 5.74) is 0. The highest BCUT2D eigenvalue weighted by molar-refractivity contribution is 7.86. The van der Waals surface area contributed by atoms with Gasteiger partial charge in [-0.15, -0.1) is 0 Å². The van der Waals surface area contributed by atoms with Gasteiger partial charge in [-0.05, 0) is 19.8 Å². The summed E-state index contributed by atoms with van der Waals surface area (Å²) in [4.78, 5) is 0. The Balaban J connectivity index is 2.05. The molecule has 2 aliphatic rings. The summed E-state index contributed by atoms with van der Waals surface area (Å²) in [6.07, 6.45) is 4.26. The summed E-state index contributed by atoms with van der Waals surface area (Å²) in [6, 6.07) is 0. The molecule has 100 valence electrons. The van der Waals surface area contributed by atoms with Crippen LogP contribution in [0.25, 0.3) is 0 Å². The Morgan fingerprint density at radius 3 is 2.24 bits per heavy atom. The molecule has 2 heterocycles. The van der Waals surface area contributed by atoms with Crippen LogP contribution >= 0.6 is 0 Å². The second-order valence-corrected chi connectivity index (χ2v) is 6.79. The number of hydrogen-bond acceptors (Lipinski definition) is 3. The molecule has 0 unspecified atom stereocenters. The van der Waals surface area contributed by atoms with Gasteiger partial charge >= 0.3 is 0 Å². The van der Waals surface area contributed by atoms with E-state index in [-0.39, 0.29) is 6.10 Å². The van der Waals surface area contributed by atoms with E-state index in [1.165, 1.54) is 0 Å². The minimum absolute atomic E-state index is 0.00510. The Bertz CT molecular complexity index is 329. The van der Waals surface area contributed by atoms with Crippen LogP contribution in [-0.2, 0) is 14.9 Å². The van der Waals surface area contributed by atoms with Crippen LogP contribution in [0, 0.1) is 0 Å². The van der Waals surface area contributed by atoms with E-state index in [2.05, 4.69) is 0 Å². The fraction of sp³-hybridized carbons (Fsp3) is 1.00. The molecular formula is C11H22N2O3S. The molecule has 0 aromatic rings. The summed E-state index contributed by atoms with van der Waals surface area (Å²) in [6.45, 7) is 4.75. The highest BCUT2D eigenvalue weighted by Crippen LogP contribution is 2.18. The normalized spacial score (nSPS) is 30.1. The standard InChI is InChI=1S/C11H22N2O3S/c1-11-10-13(8-9-16-11)17(14,15)12-6-4-2-3-5-7-12/h11H,2-10H2,1H3/t11-/m0/s1. The van der Waals surface area contributed by atoms with Crippen LogP contribution in [0.4, 0.5) is 0 Å². The van der Waals surface area contributed by atoms with Gasteiger partial charge < -0.3 is 4.74 Å². The maximum absolute atomic E-state index is 12.4. The van der Waals surface area contributed by atoms with Gasteiger partial charge in [-0.2, -0.15) is 17.0 Å². The van der Waals surface area contributed by atoms with E-state index in [0.717, 1.165) is 25.7 Å². The lowest BCUT2D eigenvalue weighted by atomic mass is 10.2. The molecule has 0 aromatic heterocycles. The lowest BCUT2D eigenvalue weighted by Gasteiger charge is -2.34. The molecule has 0 aromatic carbocycles. The van der Waals surface area contributed by atoms with Crippen LogP contribution in [0.2, 0.25) is 0 Å². The Labute approximate surface area is 104 Å². The Kier molecular flexibility index (Phi) is 4.41. The Morgan fingerprint density at radius 1 is 1.00 bits per heavy atom. The lowest BCUT2D eigenvalue weighted by Crippen LogP contribution is -2.50. The molecule has 2 saturated heterocycles. The smallest absolute Gasteiger partial charge is 0.282 e. The highest BCUT2D eigenvalue weighted by Gasteiger charge is 2.32. The highest BCUT2D eigenvalue weighted by atomic mass is 32.2. The van der Waals surface area contributed by atoms with Crippen molar-refractivity contribution in [1.82, 2.24) is 8.61 Å². The zero-order chi connectivity index (χ0) is 12.3. The van der Waals surface area contributed by atoms with Gasteiger partial charge in [0.1, 0.15) is 0 Å². The van der Waals surface area contributed by atoms with Crippen molar-refractivity contribution >= 4 is 10.2 Å². The molecule has 0 bridgehead atoms. The largest absolute Gasteiger partial charge is 0.376 e. The van der Waals surface area contributed by atoms with Crippen LogP contribution in [0.3, 0.4) is 0 Å². The third-order valence-corrected chi connectivity index (χ3v) is 5.42. The van der Waals surface area contributed by atoms with Gasteiger partial charge in [0, 0.05) is 26.2 Å². The average Bonchev–Trinajstić information content (AvgIpc) is 2.58. The molecule has 2 rings (SSSR count). The Hall–Kier alpha value is -0.170. The fourth-order valence-electron chi connectivity index (χ4n) is 2.43. The van der Waals surface area contributed by atoms with Crippen LogP contribution in [0.15, 0.2) is 0 Å². The molecule has 0 spiro atoms. The molecule has 0 aliphatic carbocycles. The number of nitrogens with zero attached hydrogens (tertiary/aromatic N) is 2. The summed E-state index contributed by atoms with van der Waals surface area (Å²) in [7, 11) is -3.25. The minimum Gasteiger partial charge on any atom is -0.376 e. The number of ether oxygens (including phenoxy) is 1. The van der Waals surface area contributed by atoms with Gasteiger partial charge in [0.05, 0.1) is 12.7 Å². The molecule has 0 amide bonds. The van der Waals surface area contributed by atoms with Gasteiger partial charge in [-0.25, -0.2) is 0 Å². The van der Waals surface area contributed by atoms with Crippen molar-refractivity contribution < 1.29 is 13.2 Å². The third kappa shape index (κ3) is 3.19. The van der Waals surface area contributed by atoms with E-state index in [0.29, 0.717) is 32.8 Å². The van der Waals surface area contributed by atoms with E-state index in [1.54, 1.807) is 8.61 Å². The van der Waals surface area contributed by atoms with Gasteiger partial charge in [-0.1, -0.05) is 12.8 Å². The Morgan fingerprint density at radius 2 is 1.65 bits per heavy atom. The molecular weight excluding hydrogens is 240 g/mol. The van der Waals surface area contributed by atoms with E-state index in [4.69, 9.17) is 4.74 Å². The average molecular weight is 262 g/mol. The lowest BCUT2D eigenvalue weighted by molar-refractivity contribution is 0.00830. The number of rotatable bonds is 2. The first-order valence-electron chi connectivity index (χ1n) is 6.47. The first kappa shape index (κ1) is 13.3. The monoisotopic (exact) mass is 262 g/mol. The van der Waals surface area contributed by atoms with Crippen molar-refractivity contribution in [3.05, 3.63) is 0 Å². The summed E-state index contributed by atoms with van der Waals surface area (Å²) in [5, 5.41) is 0. The maximum atomic E-state index is 12.4. The van der Waals surface area contributed by atoms with Crippen LogP contribution in [0.5, 0.6) is 0 Å². The predicted octanol–water partition coefficient (Wildman–Crippen LogP) is 0.828. The van der Waals surface area contributed by atoms with E-state index < -0.39 is 10.2 Å². The molecule has 1 atom stereocenters. The first-order chi connectivity index (χ1) is 8.10. The quantitative estimate of drug-likeness (QED) is 0.740. The molecule has 5 nitrogen and oxygen atoms in total. The second-order valence-electron chi connectivity index (χ2n) is 4.86. The number of morpholine rings is 1. The molecule has 0 saturated carbocycles. The van der Waals surface area contributed by atoms with Crippen molar-refractivity contribution in [2.45, 2.75) is 38.7 Å². The van der Waals surface area contributed by atoms with Crippen molar-refractivity contribution in [3.63, 3.8) is 0 Å². The van der Waals surface area contributed by atoms with Gasteiger partial charge in [0.2, 0.25) is 0 Å². The molecule has 2 aliphatic heterocycles. The van der Waals surface area contributed by atoms with Crippen LogP contribution in [0.1, 0.15) is 32.6 Å². The minimum atomic E-state index is -3.25. The van der Waals surface area contributed by atoms with Gasteiger partial charge in [-0.3, -0.25) is 0 Å². The predicted molar refractivity (Wildman–Crippen MR) is 65.9 cm³/mol. The number of hydrogen-bond donors (Lipinski definition) is 0. The van der Waals surface area contributed by atoms with Crippen LogP contribution < -0.4 is 0 Å². The first-order valence-corrected chi connectivity index (χ1v) is 7.87. The van der Waals surface area contributed by atoms with Crippen molar-refractivity contribution in [2.24, 2.45) is 0 Å². The third-order valence-electron chi connectivity index (χ3n) is 3.42.